The Hall–Kier alpha value is -6.78. The number of hydrogen-bond acceptors (Lipinski definition) is 10. The fourth-order valence-electron chi connectivity index (χ4n) is 7.76. The minimum Gasteiger partial charge on any atom is -0.491 e. The van der Waals surface area contributed by atoms with Gasteiger partial charge < -0.3 is 28.4 Å². The number of nitrogens with one attached hydrogen (secondary N) is 1. The van der Waals surface area contributed by atoms with E-state index in [1.165, 1.54) is 10.3 Å². The SMILES string of the molecule is Cc1cc(C#CCOCCOc2ccc3c(c2)CN(C2CCC(=O)NC2=O)C3=O)ncc1O[C@H]1C[C@H](Oc2ccc(-c3ccc4c5cnccc5n(C)c4c3)cn2)C1. The Morgan fingerprint density at radius 2 is 1.72 bits per heavy atom. The van der Waals surface area contributed by atoms with Crippen molar-refractivity contribution in [1.29, 1.82) is 0 Å². The summed E-state index contributed by atoms with van der Waals surface area (Å²) in [7, 11) is 2.08. The second kappa shape index (κ2) is 15.6. The van der Waals surface area contributed by atoms with Crippen molar-refractivity contribution < 1.29 is 33.3 Å². The predicted molar refractivity (Wildman–Crippen MR) is 214 cm³/mol. The number of rotatable bonds is 11. The third kappa shape index (κ3) is 7.42. The summed E-state index contributed by atoms with van der Waals surface area (Å²) < 4.78 is 26.0. The van der Waals surface area contributed by atoms with Gasteiger partial charge in [0.05, 0.1) is 18.3 Å². The molecule has 1 saturated heterocycles. The van der Waals surface area contributed by atoms with E-state index >= 15 is 0 Å². The number of aryl methyl sites for hydroxylation is 2. The molecule has 2 fully saturated rings. The number of nitrogens with zero attached hydrogens (tertiary/aromatic N) is 5. The molecule has 13 nitrogen and oxygen atoms in total. The molecule has 2 aromatic carbocycles. The molecule has 9 rings (SSSR count). The van der Waals surface area contributed by atoms with Crippen LogP contribution in [0.3, 0.4) is 0 Å². The summed E-state index contributed by atoms with van der Waals surface area (Å²) in [5.41, 5.74) is 7.32. The first-order chi connectivity index (χ1) is 28.3. The van der Waals surface area contributed by atoms with Crippen LogP contribution in [0.25, 0.3) is 32.9 Å². The average Bonchev–Trinajstić information content (AvgIpc) is 3.69. The molecular formula is C45H40N6O7. The number of pyridine rings is 3. The van der Waals surface area contributed by atoms with Crippen LogP contribution in [0, 0.1) is 18.8 Å². The number of imide groups is 1. The Kier molecular flexibility index (Phi) is 9.93. The minimum atomic E-state index is -0.651. The number of benzene rings is 2. The van der Waals surface area contributed by atoms with Crippen molar-refractivity contribution in [2.45, 2.75) is 57.4 Å². The van der Waals surface area contributed by atoms with Gasteiger partial charge in [0.15, 0.2) is 0 Å². The van der Waals surface area contributed by atoms with Gasteiger partial charge in [-0.25, -0.2) is 9.97 Å². The quantitative estimate of drug-likeness (QED) is 0.0990. The van der Waals surface area contributed by atoms with Crippen LogP contribution in [0.15, 0.2) is 85.5 Å². The second-order valence-corrected chi connectivity index (χ2v) is 14.8. The largest absolute Gasteiger partial charge is 0.491 e. The molecule has 6 aromatic rings. The predicted octanol–water partition coefficient (Wildman–Crippen LogP) is 5.69. The normalized spacial score (nSPS) is 18.7. The Balaban J connectivity index is 0.691. The number of aromatic nitrogens is 4. The highest BCUT2D eigenvalue weighted by molar-refractivity contribution is 6.08. The Morgan fingerprint density at radius 3 is 2.55 bits per heavy atom. The van der Waals surface area contributed by atoms with Gasteiger partial charge in [0, 0.05) is 84.9 Å². The molecule has 1 atom stereocenters. The number of carbonyl (C=O) groups excluding carboxylic acids is 3. The minimum absolute atomic E-state index is 0.0322. The van der Waals surface area contributed by atoms with Gasteiger partial charge in [-0.1, -0.05) is 18.1 Å². The van der Waals surface area contributed by atoms with Crippen molar-refractivity contribution in [3.05, 3.63) is 108 Å². The van der Waals surface area contributed by atoms with E-state index in [-0.39, 0.29) is 37.0 Å². The number of ether oxygens (including phenoxy) is 4. The van der Waals surface area contributed by atoms with E-state index in [4.69, 9.17) is 18.9 Å². The molecule has 4 aromatic heterocycles. The van der Waals surface area contributed by atoms with Crippen molar-refractivity contribution in [2.75, 3.05) is 19.8 Å². The van der Waals surface area contributed by atoms with Crippen LogP contribution in [0.1, 0.15) is 52.9 Å². The van der Waals surface area contributed by atoms with Gasteiger partial charge in [-0.05, 0) is 78.4 Å². The maximum Gasteiger partial charge on any atom is 0.255 e. The molecule has 1 N–H and O–H groups in total. The van der Waals surface area contributed by atoms with Crippen molar-refractivity contribution in [3.8, 4) is 40.3 Å². The third-order valence-corrected chi connectivity index (χ3v) is 11.0. The maximum atomic E-state index is 12.9. The lowest BCUT2D eigenvalue weighted by Gasteiger charge is -2.35. The monoisotopic (exact) mass is 776 g/mol. The molecule has 3 aliphatic rings. The van der Waals surface area contributed by atoms with Crippen molar-refractivity contribution in [2.24, 2.45) is 7.05 Å². The molecule has 6 heterocycles. The lowest BCUT2D eigenvalue weighted by molar-refractivity contribution is -0.136. The fraction of sp³-hybridized carbons (Fsp3) is 0.289. The first kappa shape index (κ1) is 36.8. The van der Waals surface area contributed by atoms with Crippen LogP contribution in [-0.4, -0.2) is 80.2 Å². The van der Waals surface area contributed by atoms with Crippen LogP contribution in [0.4, 0.5) is 0 Å². The fourth-order valence-corrected chi connectivity index (χ4v) is 7.76. The molecule has 1 unspecified atom stereocenters. The summed E-state index contributed by atoms with van der Waals surface area (Å²) in [4.78, 5) is 51.6. The second-order valence-electron chi connectivity index (χ2n) is 14.8. The van der Waals surface area contributed by atoms with Crippen LogP contribution in [0.2, 0.25) is 0 Å². The number of fused-ring (bicyclic) bond motifs is 4. The van der Waals surface area contributed by atoms with Crippen LogP contribution in [-0.2, 0) is 27.9 Å². The van der Waals surface area contributed by atoms with E-state index in [9.17, 15) is 14.4 Å². The van der Waals surface area contributed by atoms with Gasteiger partial charge in [0.1, 0.15) is 48.7 Å². The van der Waals surface area contributed by atoms with E-state index in [0.717, 1.165) is 57.3 Å². The molecular weight excluding hydrogens is 737 g/mol. The number of hydrogen-bond donors (Lipinski definition) is 1. The van der Waals surface area contributed by atoms with E-state index < -0.39 is 11.9 Å². The van der Waals surface area contributed by atoms with Gasteiger partial charge in [-0.3, -0.25) is 24.7 Å². The lowest BCUT2D eigenvalue weighted by Crippen LogP contribution is -2.52. The maximum absolute atomic E-state index is 12.9. The van der Waals surface area contributed by atoms with Crippen molar-refractivity contribution >= 4 is 39.5 Å². The summed E-state index contributed by atoms with van der Waals surface area (Å²) in [6.45, 7) is 3.10. The molecule has 13 heteroatoms. The Bertz CT molecular complexity index is 2640. The van der Waals surface area contributed by atoms with E-state index in [2.05, 4.69) is 61.9 Å². The first-order valence-corrected chi connectivity index (χ1v) is 19.3. The molecule has 1 aliphatic carbocycles. The highest BCUT2D eigenvalue weighted by atomic mass is 16.5. The van der Waals surface area contributed by atoms with Crippen molar-refractivity contribution in [1.82, 2.24) is 29.7 Å². The summed E-state index contributed by atoms with van der Waals surface area (Å²) in [5, 5.41) is 4.65. The highest BCUT2D eigenvalue weighted by Gasteiger charge is 2.39. The number of carbonyl (C=O) groups is 3. The molecule has 0 spiro atoms. The van der Waals surface area contributed by atoms with Crippen LogP contribution >= 0.6 is 0 Å². The number of piperidine rings is 1. The molecule has 58 heavy (non-hydrogen) atoms. The summed E-state index contributed by atoms with van der Waals surface area (Å²) in [6.07, 6.45) is 9.43. The van der Waals surface area contributed by atoms with Gasteiger partial charge in [-0.2, -0.15) is 0 Å². The lowest BCUT2D eigenvalue weighted by atomic mass is 9.92. The average molecular weight is 777 g/mol. The van der Waals surface area contributed by atoms with Gasteiger partial charge in [0.2, 0.25) is 17.7 Å². The molecule has 2 aliphatic heterocycles. The summed E-state index contributed by atoms with van der Waals surface area (Å²) >= 11 is 0. The molecule has 1 saturated carbocycles. The zero-order valence-electron chi connectivity index (χ0n) is 32.1. The molecule has 0 radical (unpaired) electrons. The van der Waals surface area contributed by atoms with E-state index in [1.54, 1.807) is 18.3 Å². The summed E-state index contributed by atoms with van der Waals surface area (Å²) in [6, 6.07) is 19.0. The van der Waals surface area contributed by atoms with Gasteiger partial charge in [-0.15, -0.1) is 0 Å². The Morgan fingerprint density at radius 1 is 0.862 bits per heavy atom. The molecule has 3 amide bonds. The highest BCUT2D eigenvalue weighted by Crippen LogP contribution is 2.34. The Labute approximate surface area is 334 Å². The zero-order valence-corrected chi connectivity index (χ0v) is 32.1. The summed E-state index contributed by atoms with van der Waals surface area (Å²) in [5.74, 6) is 7.00. The molecule has 292 valence electrons. The smallest absolute Gasteiger partial charge is 0.255 e. The van der Waals surface area contributed by atoms with Crippen LogP contribution < -0.4 is 19.5 Å². The third-order valence-electron chi connectivity index (χ3n) is 11.0. The van der Waals surface area contributed by atoms with Crippen LogP contribution in [0.5, 0.6) is 17.4 Å². The molecule has 0 bridgehead atoms. The topological polar surface area (TPSA) is 147 Å². The first-order valence-electron chi connectivity index (χ1n) is 19.3. The van der Waals surface area contributed by atoms with E-state index in [0.29, 0.717) is 49.1 Å². The van der Waals surface area contributed by atoms with Gasteiger partial charge >= 0.3 is 0 Å². The number of amides is 3. The zero-order chi connectivity index (χ0) is 39.8. The van der Waals surface area contributed by atoms with Crippen molar-refractivity contribution in [3.63, 3.8) is 0 Å². The standard InChI is InChI=1S/C45H40N6O7/c1-27-18-31(4-3-15-55-16-17-56-32-7-9-35-30(19-32)26-51(45(35)54)39-10-11-42(52)49-44(39)53)47-25-41(27)57-33-21-34(22-33)58-43-12-6-29(23-48-43)28-5-8-36-37-24-46-14-13-38(37)50(2)40(36)20-28/h5-9,12-14,18-20,23-25,33-34,39H,10-11,15-17,21-22,26H2,1-2H3,(H,49,52,53)/t33-,34-,39?. The van der Waals surface area contributed by atoms with E-state index in [1.807, 2.05) is 55.8 Å². The van der Waals surface area contributed by atoms with Gasteiger partial charge in [0.25, 0.3) is 5.91 Å².